The van der Waals surface area contributed by atoms with E-state index in [1.807, 2.05) is 0 Å². The van der Waals surface area contributed by atoms with Gasteiger partial charge in [-0.1, -0.05) is 0 Å². The molecule has 1 rings (SSSR count). The Morgan fingerprint density at radius 2 is 2.27 bits per heavy atom. The zero-order valence-corrected chi connectivity index (χ0v) is 8.45. The number of methoxy groups -OCH3 is 1. The third-order valence-electron chi connectivity index (χ3n) is 1.94. The number of carbonyl (C=O) groups excluding carboxylic acids is 1. The Balaban J connectivity index is 2.73. The molecule has 0 aromatic heterocycles. The fourth-order valence-corrected chi connectivity index (χ4v) is 0.936. The Morgan fingerprint density at radius 1 is 1.60 bits per heavy atom. The lowest BCUT2D eigenvalue weighted by atomic mass is 10.2. The molecule has 4 nitrogen and oxygen atoms in total. The number of phenols is 1. The fraction of sp³-hybridized carbons (Fsp3) is 0.300. The van der Waals surface area contributed by atoms with E-state index in [1.165, 1.54) is 19.2 Å². The highest BCUT2D eigenvalue weighted by Crippen LogP contribution is 2.19. The molecule has 1 aromatic rings. The van der Waals surface area contributed by atoms with Crippen LogP contribution in [0, 0.1) is 5.82 Å². The van der Waals surface area contributed by atoms with Gasteiger partial charge in [0, 0.05) is 18.9 Å². The standard InChI is InChI=1S/C10H12FNO3/c1-6(15-2)10(14)12-7-3-4-9(13)8(11)5-7/h3-6,13H,1-2H3,(H,12,14). The lowest BCUT2D eigenvalue weighted by Crippen LogP contribution is -2.26. The van der Waals surface area contributed by atoms with Crippen LogP contribution in [0.2, 0.25) is 0 Å². The minimum atomic E-state index is -0.780. The van der Waals surface area contributed by atoms with Crippen LogP contribution < -0.4 is 5.32 Å². The minimum Gasteiger partial charge on any atom is -0.505 e. The Hall–Kier alpha value is -1.62. The maximum absolute atomic E-state index is 12.9. The Kier molecular flexibility index (Phi) is 3.62. The zero-order valence-electron chi connectivity index (χ0n) is 8.45. The molecule has 0 saturated heterocycles. The molecule has 0 bridgehead atoms. The van der Waals surface area contributed by atoms with Crippen LogP contribution in [0.4, 0.5) is 10.1 Å². The van der Waals surface area contributed by atoms with E-state index in [2.05, 4.69) is 5.32 Å². The summed E-state index contributed by atoms with van der Waals surface area (Å²) >= 11 is 0. The summed E-state index contributed by atoms with van der Waals surface area (Å²) in [6, 6.07) is 3.61. The van der Waals surface area contributed by atoms with Gasteiger partial charge in [-0.2, -0.15) is 0 Å². The van der Waals surface area contributed by atoms with Gasteiger partial charge < -0.3 is 15.2 Å². The smallest absolute Gasteiger partial charge is 0.253 e. The van der Waals surface area contributed by atoms with Gasteiger partial charge in [0.1, 0.15) is 6.10 Å². The van der Waals surface area contributed by atoms with Gasteiger partial charge in [-0.15, -0.1) is 0 Å². The number of carbonyl (C=O) groups is 1. The molecule has 2 N–H and O–H groups in total. The van der Waals surface area contributed by atoms with Gasteiger partial charge in [0.2, 0.25) is 0 Å². The van der Waals surface area contributed by atoms with Crippen molar-refractivity contribution in [3.8, 4) is 5.75 Å². The lowest BCUT2D eigenvalue weighted by Gasteiger charge is -2.10. The molecule has 1 unspecified atom stereocenters. The number of rotatable bonds is 3. The predicted octanol–water partition coefficient (Wildman–Crippen LogP) is 1.50. The van der Waals surface area contributed by atoms with Crippen LogP contribution in [0.3, 0.4) is 0 Å². The minimum absolute atomic E-state index is 0.277. The van der Waals surface area contributed by atoms with Gasteiger partial charge in [-0.05, 0) is 19.1 Å². The second kappa shape index (κ2) is 4.75. The molecule has 0 aliphatic heterocycles. The van der Waals surface area contributed by atoms with Crippen molar-refractivity contribution in [1.82, 2.24) is 0 Å². The molecule has 0 aliphatic carbocycles. The first-order chi connectivity index (χ1) is 7.04. The van der Waals surface area contributed by atoms with E-state index in [1.54, 1.807) is 6.92 Å². The second-order valence-electron chi connectivity index (χ2n) is 3.03. The molecule has 0 fully saturated rings. The van der Waals surface area contributed by atoms with Crippen LogP contribution in [-0.2, 0) is 9.53 Å². The molecule has 0 heterocycles. The molecule has 0 aliphatic rings. The fourth-order valence-electron chi connectivity index (χ4n) is 0.936. The normalized spacial score (nSPS) is 12.2. The van der Waals surface area contributed by atoms with Crippen molar-refractivity contribution in [2.45, 2.75) is 13.0 Å². The Labute approximate surface area is 86.7 Å². The Bertz CT molecular complexity index is 368. The summed E-state index contributed by atoms with van der Waals surface area (Å²) in [6.45, 7) is 1.58. The molecule has 1 aromatic carbocycles. The number of hydrogen-bond donors (Lipinski definition) is 2. The third-order valence-corrected chi connectivity index (χ3v) is 1.94. The summed E-state index contributed by atoms with van der Waals surface area (Å²) in [4.78, 5) is 11.3. The number of ether oxygens (including phenoxy) is 1. The summed E-state index contributed by atoms with van der Waals surface area (Å²) in [6.07, 6.45) is -0.609. The van der Waals surface area contributed by atoms with Gasteiger partial charge in [-0.3, -0.25) is 4.79 Å². The van der Waals surface area contributed by atoms with Gasteiger partial charge >= 0.3 is 0 Å². The van der Waals surface area contributed by atoms with Gasteiger partial charge in [0.25, 0.3) is 5.91 Å². The topological polar surface area (TPSA) is 58.6 Å². The van der Waals surface area contributed by atoms with Crippen molar-refractivity contribution in [2.75, 3.05) is 12.4 Å². The first-order valence-corrected chi connectivity index (χ1v) is 4.36. The summed E-state index contributed by atoms with van der Waals surface area (Å²) in [5.41, 5.74) is 0.277. The number of aromatic hydroxyl groups is 1. The summed E-state index contributed by atoms with van der Waals surface area (Å²) in [7, 11) is 1.40. The van der Waals surface area contributed by atoms with E-state index < -0.39 is 17.7 Å². The largest absolute Gasteiger partial charge is 0.505 e. The maximum atomic E-state index is 12.9. The number of benzene rings is 1. The molecule has 1 amide bonds. The first-order valence-electron chi connectivity index (χ1n) is 4.36. The van der Waals surface area contributed by atoms with Crippen LogP contribution in [-0.4, -0.2) is 24.2 Å². The van der Waals surface area contributed by atoms with Gasteiger partial charge in [0.15, 0.2) is 11.6 Å². The van der Waals surface area contributed by atoms with E-state index in [-0.39, 0.29) is 11.6 Å². The summed E-state index contributed by atoms with van der Waals surface area (Å²) in [5, 5.41) is 11.4. The molecule has 1 atom stereocenters. The quantitative estimate of drug-likeness (QED) is 0.748. The van der Waals surface area contributed by atoms with E-state index in [0.717, 1.165) is 6.07 Å². The molecule has 5 heteroatoms. The lowest BCUT2D eigenvalue weighted by molar-refractivity contribution is -0.124. The van der Waals surface area contributed by atoms with Crippen molar-refractivity contribution >= 4 is 11.6 Å². The average molecular weight is 213 g/mol. The number of anilines is 1. The van der Waals surface area contributed by atoms with Crippen molar-refractivity contribution in [1.29, 1.82) is 0 Å². The molecule has 15 heavy (non-hydrogen) atoms. The van der Waals surface area contributed by atoms with E-state index in [0.29, 0.717) is 0 Å². The van der Waals surface area contributed by atoms with Gasteiger partial charge in [0.05, 0.1) is 0 Å². The van der Waals surface area contributed by atoms with Crippen LogP contribution in [0.1, 0.15) is 6.92 Å². The molecule has 0 spiro atoms. The number of amides is 1. The molecular formula is C10H12FNO3. The molecule has 0 radical (unpaired) electrons. The maximum Gasteiger partial charge on any atom is 0.253 e. The number of hydrogen-bond acceptors (Lipinski definition) is 3. The SMILES string of the molecule is COC(C)C(=O)Nc1ccc(O)c(F)c1. The van der Waals surface area contributed by atoms with E-state index >= 15 is 0 Å². The zero-order chi connectivity index (χ0) is 11.4. The van der Waals surface area contributed by atoms with Crippen LogP contribution in [0.5, 0.6) is 5.75 Å². The molecular weight excluding hydrogens is 201 g/mol. The first kappa shape index (κ1) is 11.5. The monoisotopic (exact) mass is 213 g/mol. The average Bonchev–Trinajstić information content (AvgIpc) is 2.22. The highest BCUT2D eigenvalue weighted by atomic mass is 19.1. The highest BCUT2D eigenvalue weighted by Gasteiger charge is 2.12. The van der Waals surface area contributed by atoms with Gasteiger partial charge in [-0.25, -0.2) is 4.39 Å². The number of halogens is 1. The molecule has 0 saturated carbocycles. The number of nitrogens with one attached hydrogen (secondary N) is 1. The predicted molar refractivity (Wildman–Crippen MR) is 53.2 cm³/mol. The van der Waals surface area contributed by atoms with E-state index in [4.69, 9.17) is 9.84 Å². The Morgan fingerprint density at radius 3 is 2.80 bits per heavy atom. The van der Waals surface area contributed by atoms with Crippen molar-refractivity contribution in [2.24, 2.45) is 0 Å². The van der Waals surface area contributed by atoms with Crippen LogP contribution in [0.25, 0.3) is 0 Å². The summed E-state index contributed by atoms with van der Waals surface area (Å²) in [5.74, 6) is -1.60. The summed E-state index contributed by atoms with van der Waals surface area (Å²) < 4.78 is 17.7. The van der Waals surface area contributed by atoms with Crippen molar-refractivity contribution in [3.63, 3.8) is 0 Å². The van der Waals surface area contributed by atoms with Crippen molar-refractivity contribution < 1.29 is 19.0 Å². The third kappa shape index (κ3) is 2.92. The number of phenolic OH excluding ortho intramolecular Hbond substituents is 1. The van der Waals surface area contributed by atoms with Crippen LogP contribution in [0.15, 0.2) is 18.2 Å². The second-order valence-corrected chi connectivity index (χ2v) is 3.03. The molecule has 82 valence electrons. The van der Waals surface area contributed by atoms with E-state index in [9.17, 15) is 9.18 Å². The van der Waals surface area contributed by atoms with Crippen molar-refractivity contribution in [3.05, 3.63) is 24.0 Å². The highest BCUT2D eigenvalue weighted by molar-refractivity contribution is 5.93. The van der Waals surface area contributed by atoms with Crippen LogP contribution >= 0.6 is 0 Å².